The van der Waals surface area contributed by atoms with Gasteiger partial charge in [0.05, 0.1) is 5.69 Å². The second-order valence-corrected chi connectivity index (χ2v) is 4.73. The third-order valence-electron chi connectivity index (χ3n) is 2.17. The minimum Gasteiger partial charge on any atom is -0.311 e. The highest BCUT2D eigenvalue weighted by Gasteiger charge is 2.29. The Morgan fingerprint density at radius 2 is 1.94 bits per heavy atom. The number of alkyl halides is 3. The van der Waals surface area contributed by atoms with Crippen LogP contribution in [-0.2, 0) is 13.0 Å². The zero-order valence-electron chi connectivity index (χ0n) is 10.8. The Balaban J connectivity index is 2.69. The summed E-state index contributed by atoms with van der Waals surface area (Å²) >= 11 is 0. The van der Waals surface area contributed by atoms with Crippen molar-refractivity contribution in [1.82, 2.24) is 15.3 Å². The van der Waals surface area contributed by atoms with Crippen LogP contribution in [-0.4, -0.2) is 22.7 Å². The Hall–Kier alpha value is -1.17. The fourth-order valence-electron chi connectivity index (χ4n) is 1.54. The molecule has 1 heterocycles. The van der Waals surface area contributed by atoms with Gasteiger partial charge >= 0.3 is 6.18 Å². The maximum atomic E-state index is 12.3. The molecule has 3 nitrogen and oxygen atoms in total. The van der Waals surface area contributed by atoms with Crippen LogP contribution in [0.4, 0.5) is 13.2 Å². The molecule has 0 aliphatic heterocycles. The minimum absolute atomic E-state index is 0.163. The van der Waals surface area contributed by atoms with Gasteiger partial charge in [0, 0.05) is 12.2 Å². The van der Waals surface area contributed by atoms with E-state index in [4.69, 9.17) is 0 Å². The lowest BCUT2D eigenvalue weighted by Crippen LogP contribution is -2.21. The molecule has 0 saturated carbocycles. The Kier molecular flexibility index (Phi) is 5.07. The van der Waals surface area contributed by atoms with Crippen molar-refractivity contribution in [2.24, 2.45) is 5.92 Å². The zero-order valence-corrected chi connectivity index (χ0v) is 10.8. The van der Waals surface area contributed by atoms with Gasteiger partial charge in [-0.15, -0.1) is 0 Å². The molecule has 0 saturated heterocycles. The monoisotopic (exact) mass is 261 g/mol. The number of nitrogens with one attached hydrogen (secondary N) is 1. The van der Waals surface area contributed by atoms with Gasteiger partial charge in [-0.25, -0.2) is 9.97 Å². The lowest BCUT2D eigenvalue weighted by Gasteiger charge is -2.10. The van der Waals surface area contributed by atoms with Crippen LogP contribution in [0.5, 0.6) is 0 Å². The van der Waals surface area contributed by atoms with Gasteiger partial charge in [0.1, 0.15) is 12.2 Å². The van der Waals surface area contributed by atoms with Crippen LogP contribution < -0.4 is 5.32 Å². The Morgan fingerprint density at radius 1 is 1.28 bits per heavy atom. The lowest BCUT2D eigenvalue weighted by molar-refractivity contribution is -0.128. The normalized spacial score (nSPS) is 12.2. The summed E-state index contributed by atoms with van der Waals surface area (Å²) in [6.07, 6.45) is -5.34. The van der Waals surface area contributed by atoms with E-state index in [-0.39, 0.29) is 5.82 Å². The molecule has 0 aliphatic rings. The Labute approximate surface area is 105 Å². The quantitative estimate of drug-likeness (QED) is 0.885. The molecule has 1 N–H and O–H groups in total. The summed E-state index contributed by atoms with van der Waals surface area (Å²) in [5, 5.41) is 3.15. The molecule has 1 aromatic heterocycles. The molecule has 0 aliphatic carbocycles. The smallest absolute Gasteiger partial charge is 0.311 e. The van der Waals surface area contributed by atoms with Crippen LogP contribution in [0.3, 0.4) is 0 Å². The molecular formula is C12H18F3N3. The van der Waals surface area contributed by atoms with E-state index in [0.717, 1.165) is 6.54 Å². The maximum Gasteiger partial charge on any atom is 0.396 e. The van der Waals surface area contributed by atoms with Crippen molar-refractivity contribution < 1.29 is 13.2 Å². The summed E-state index contributed by atoms with van der Waals surface area (Å²) in [5.41, 5.74) is 1.16. The summed E-state index contributed by atoms with van der Waals surface area (Å²) in [5.74, 6) is 0.325. The summed E-state index contributed by atoms with van der Waals surface area (Å²) in [6.45, 7) is 7.07. The van der Waals surface area contributed by atoms with Gasteiger partial charge < -0.3 is 5.32 Å². The van der Waals surface area contributed by atoms with Crippen molar-refractivity contribution in [3.63, 3.8) is 0 Å². The third-order valence-corrected chi connectivity index (χ3v) is 2.17. The summed E-state index contributed by atoms with van der Waals surface area (Å²) in [7, 11) is 0. The summed E-state index contributed by atoms with van der Waals surface area (Å²) in [4.78, 5) is 7.73. The number of nitrogens with zero attached hydrogens (tertiary/aromatic N) is 2. The van der Waals surface area contributed by atoms with Crippen LogP contribution in [0.1, 0.15) is 31.1 Å². The molecule has 0 unspecified atom stereocenters. The number of aromatic nitrogens is 2. The van der Waals surface area contributed by atoms with E-state index in [2.05, 4.69) is 29.1 Å². The van der Waals surface area contributed by atoms with E-state index in [9.17, 15) is 13.2 Å². The standard InChI is InChI=1S/C12H18F3N3/c1-8(2)6-16-7-10-4-9(3)17-11(18-10)5-12(13,14)15/h4,8,16H,5-7H2,1-3H3. The molecule has 0 radical (unpaired) electrons. The van der Waals surface area contributed by atoms with Gasteiger partial charge in [0.25, 0.3) is 0 Å². The molecule has 0 atom stereocenters. The molecule has 18 heavy (non-hydrogen) atoms. The topological polar surface area (TPSA) is 37.8 Å². The Morgan fingerprint density at radius 3 is 2.50 bits per heavy atom. The molecule has 1 rings (SSSR count). The largest absolute Gasteiger partial charge is 0.396 e. The molecule has 0 spiro atoms. The second-order valence-electron chi connectivity index (χ2n) is 4.73. The van der Waals surface area contributed by atoms with E-state index in [1.54, 1.807) is 13.0 Å². The maximum absolute atomic E-state index is 12.3. The van der Waals surface area contributed by atoms with E-state index < -0.39 is 12.6 Å². The highest BCUT2D eigenvalue weighted by atomic mass is 19.4. The average Bonchev–Trinajstić information content (AvgIpc) is 2.12. The van der Waals surface area contributed by atoms with Crippen LogP contribution >= 0.6 is 0 Å². The molecule has 1 aromatic rings. The van der Waals surface area contributed by atoms with Crippen molar-refractivity contribution in [3.8, 4) is 0 Å². The van der Waals surface area contributed by atoms with Crippen molar-refractivity contribution >= 4 is 0 Å². The first-order chi connectivity index (χ1) is 8.26. The number of halogens is 3. The molecule has 0 fully saturated rings. The average molecular weight is 261 g/mol. The molecule has 102 valence electrons. The molecule has 0 amide bonds. The number of aryl methyl sites for hydroxylation is 1. The van der Waals surface area contributed by atoms with Crippen molar-refractivity contribution in [3.05, 3.63) is 23.3 Å². The molecular weight excluding hydrogens is 243 g/mol. The zero-order chi connectivity index (χ0) is 13.8. The molecule has 6 heteroatoms. The predicted octanol–water partition coefficient (Wildman–Crippen LogP) is 2.64. The van der Waals surface area contributed by atoms with Crippen molar-refractivity contribution in [1.29, 1.82) is 0 Å². The SMILES string of the molecule is Cc1cc(CNCC(C)C)nc(CC(F)(F)F)n1. The van der Waals surface area contributed by atoms with E-state index in [1.165, 1.54) is 0 Å². The summed E-state index contributed by atoms with van der Waals surface area (Å²) in [6, 6.07) is 1.70. The third kappa shape index (κ3) is 5.95. The van der Waals surface area contributed by atoms with Gasteiger partial charge in [-0.3, -0.25) is 0 Å². The van der Waals surface area contributed by atoms with Gasteiger partial charge in [0.15, 0.2) is 0 Å². The van der Waals surface area contributed by atoms with Crippen LogP contribution in [0.15, 0.2) is 6.07 Å². The van der Waals surface area contributed by atoms with E-state index in [1.807, 2.05) is 0 Å². The summed E-state index contributed by atoms with van der Waals surface area (Å²) < 4.78 is 36.8. The van der Waals surface area contributed by atoms with Gasteiger partial charge in [0.2, 0.25) is 0 Å². The van der Waals surface area contributed by atoms with Crippen LogP contribution in [0.2, 0.25) is 0 Å². The first-order valence-corrected chi connectivity index (χ1v) is 5.87. The highest BCUT2D eigenvalue weighted by molar-refractivity contribution is 5.10. The number of rotatable bonds is 5. The van der Waals surface area contributed by atoms with Gasteiger partial charge in [-0.1, -0.05) is 13.8 Å². The van der Waals surface area contributed by atoms with Crippen LogP contribution in [0.25, 0.3) is 0 Å². The van der Waals surface area contributed by atoms with Crippen molar-refractivity contribution in [2.45, 2.75) is 39.9 Å². The minimum atomic E-state index is -4.27. The Bertz CT molecular complexity index is 389. The number of hydrogen-bond donors (Lipinski definition) is 1. The first-order valence-electron chi connectivity index (χ1n) is 5.87. The van der Waals surface area contributed by atoms with E-state index >= 15 is 0 Å². The second kappa shape index (κ2) is 6.13. The predicted molar refractivity (Wildman–Crippen MR) is 63.1 cm³/mol. The fourth-order valence-corrected chi connectivity index (χ4v) is 1.54. The van der Waals surface area contributed by atoms with E-state index in [0.29, 0.717) is 23.9 Å². The first kappa shape index (κ1) is 14.9. The molecule has 0 bridgehead atoms. The molecule has 0 aromatic carbocycles. The fraction of sp³-hybridized carbons (Fsp3) is 0.667. The lowest BCUT2D eigenvalue weighted by atomic mass is 10.2. The number of hydrogen-bond acceptors (Lipinski definition) is 3. The highest BCUT2D eigenvalue weighted by Crippen LogP contribution is 2.19. The van der Waals surface area contributed by atoms with Gasteiger partial charge in [-0.05, 0) is 25.5 Å². The van der Waals surface area contributed by atoms with Crippen LogP contribution in [0, 0.1) is 12.8 Å². The van der Waals surface area contributed by atoms with Gasteiger partial charge in [-0.2, -0.15) is 13.2 Å². The van der Waals surface area contributed by atoms with Crippen molar-refractivity contribution in [2.75, 3.05) is 6.54 Å².